The van der Waals surface area contributed by atoms with Crippen LogP contribution in [-0.2, 0) is 0 Å². The van der Waals surface area contributed by atoms with Gasteiger partial charge in [-0.15, -0.1) is 0 Å². The highest BCUT2D eigenvalue weighted by Crippen LogP contribution is 2.38. The van der Waals surface area contributed by atoms with Crippen LogP contribution in [0.5, 0.6) is 0 Å². The molecular formula is C17H15N3O2. The molecule has 0 aliphatic heterocycles. The maximum absolute atomic E-state index is 8.79. The number of hydrogen-bond donors (Lipinski definition) is 0. The molecule has 2 heterocycles. The molecule has 0 amide bonds. The van der Waals surface area contributed by atoms with Crippen molar-refractivity contribution in [1.82, 2.24) is 0 Å². The number of azide groups is 1. The Bertz CT molecular complexity index is 801. The standard InChI is InChI=1S/C17H15N3O2/c1-11-7-9-15(21-11)17(16-10-8-12(2)22-16)13-5-3-4-6-14(13)19-20-18/h3-10,17H,1-2H3. The van der Waals surface area contributed by atoms with Gasteiger partial charge in [0.1, 0.15) is 29.0 Å². The van der Waals surface area contributed by atoms with Gasteiger partial charge in [0, 0.05) is 10.6 Å². The van der Waals surface area contributed by atoms with Gasteiger partial charge < -0.3 is 8.83 Å². The first-order chi connectivity index (χ1) is 10.7. The number of furan rings is 2. The first kappa shape index (κ1) is 14.0. The van der Waals surface area contributed by atoms with Crippen molar-refractivity contribution in [3.8, 4) is 0 Å². The van der Waals surface area contributed by atoms with Gasteiger partial charge in [-0.3, -0.25) is 0 Å². The molecule has 1 aromatic carbocycles. The highest BCUT2D eigenvalue weighted by Gasteiger charge is 2.25. The van der Waals surface area contributed by atoms with Gasteiger partial charge >= 0.3 is 0 Å². The molecular weight excluding hydrogens is 278 g/mol. The quantitative estimate of drug-likeness (QED) is 0.356. The molecule has 0 radical (unpaired) electrons. The Kier molecular flexibility index (Phi) is 3.73. The van der Waals surface area contributed by atoms with Crippen molar-refractivity contribution < 1.29 is 8.83 Å². The Morgan fingerprint density at radius 1 is 0.909 bits per heavy atom. The lowest BCUT2D eigenvalue weighted by Crippen LogP contribution is -2.01. The number of aryl methyl sites for hydroxylation is 2. The second kappa shape index (κ2) is 5.84. The van der Waals surface area contributed by atoms with Gasteiger partial charge in [-0.2, -0.15) is 0 Å². The zero-order valence-electron chi connectivity index (χ0n) is 12.4. The summed E-state index contributed by atoms with van der Waals surface area (Å²) in [5.41, 5.74) is 10.2. The summed E-state index contributed by atoms with van der Waals surface area (Å²) in [6.45, 7) is 3.79. The van der Waals surface area contributed by atoms with E-state index in [1.807, 2.05) is 56.3 Å². The Balaban J connectivity index is 2.20. The summed E-state index contributed by atoms with van der Waals surface area (Å²) >= 11 is 0. The van der Waals surface area contributed by atoms with Crippen LogP contribution in [0.2, 0.25) is 0 Å². The number of rotatable bonds is 4. The fraction of sp³-hybridized carbons (Fsp3) is 0.176. The topological polar surface area (TPSA) is 75.0 Å². The predicted octanol–water partition coefficient (Wildman–Crippen LogP) is 5.61. The molecule has 0 saturated heterocycles. The Morgan fingerprint density at radius 3 is 2.00 bits per heavy atom. The maximum Gasteiger partial charge on any atom is 0.119 e. The SMILES string of the molecule is Cc1ccc(C(c2ccc(C)o2)c2ccccc2N=[N+]=[N-])o1. The maximum atomic E-state index is 8.79. The Hall–Kier alpha value is -2.91. The third-order valence-electron chi connectivity index (χ3n) is 3.49. The largest absolute Gasteiger partial charge is 0.465 e. The van der Waals surface area contributed by atoms with Crippen LogP contribution in [0.15, 0.2) is 62.5 Å². The molecule has 110 valence electrons. The molecule has 0 bridgehead atoms. The zero-order chi connectivity index (χ0) is 15.5. The van der Waals surface area contributed by atoms with Crippen LogP contribution in [0.1, 0.15) is 34.5 Å². The molecule has 0 aliphatic rings. The minimum absolute atomic E-state index is 0.246. The monoisotopic (exact) mass is 293 g/mol. The molecule has 0 atom stereocenters. The molecule has 2 aromatic heterocycles. The first-order valence-corrected chi connectivity index (χ1v) is 6.95. The van der Waals surface area contributed by atoms with Crippen LogP contribution in [0.4, 0.5) is 5.69 Å². The summed E-state index contributed by atoms with van der Waals surface area (Å²) in [4.78, 5) is 2.91. The van der Waals surface area contributed by atoms with E-state index in [0.29, 0.717) is 5.69 Å². The lowest BCUT2D eigenvalue weighted by molar-refractivity contribution is 0.428. The molecule has 22 heavy (non-hydrogen) atoms. The number of nitrogens with zero attached hydrogens (tertiary/aromatic N) is 3. The van der Waals surface area contributed by atoms with E-state index in [1.54, 1.807) is 6.07 Å². The van der Waals surface area contributed by atoms with Gasteiger partial charge in [-0.05, 0) is 49.2 Å². The molecule has 0 spiro atoms. The number of hydrogen-bond acceptors (Lipinski definition) is 3. The first-order valence-electron chi connectivity index (χ1n) is 6.95. The summed E-state index contributed by atoms with van der Waals surface area (Å²) in [5.74, 6) is 2.91. The normalized spacial score (nSPS) is 10.7. The van der Waals surface area contributed by atoms with Gasteiger partial charge in [0.25, 0.3) is 0 Å². The van der Waals surface area contributed by atoms with Crippen molar-refractivity contribution in [1.29, 1.82) is 0 Å². The van der Waals surface area contributed by atoms with Crippen LogP contribution in [0, 0.1) is 13.8 Å². The van der Waals surface area contributed by atoms with E-state index in [1.165, 1.54) is 0 Å². The third-order valence-corrected chi connectivity index (χ3v) is 3.49. The van der Waals surface area contributed by atoms with Crippen molar-refractivity contribution >= 4 is 5.69 Å². The highest BCUT2D eigenvalue weighted by molar-refractivity contribution is 5.52. The van der Waals surface area contributed by atoms with Crippen LogP contribution in [0.25, 0.3) is 10.4 Å². The van der Waals surface area contributed by atoms with Crippen molar-refractivity contribution in [2.24, 2.45) is 5.11 Å². The molecule has 0 aliphatic carbocycles. The molecule has 0 saturated carbocycles. The van der Waals surface area contributed by atoms with Gasteiger partial charge in [0.05, 0.1) is 0 Å². The average molecular weight is 293 g/mol. The van der Waals surface area contributed by atoms with Crippen molar-refractivity contribution in [2.75, 3.05) is 0 Å². The molecule has 0 fully saturated rings. The fourth-order valence-corrected chi connectivity index (χ4v) is 2.53. The van der Waals surface area contributed by atoms with Crippen molar-refractivity contribution in [2.45, 2.75) is 19.8 Å². The minimum Gasteiger partial charge on any atom is -0.465 e. The Labute approximate surface area is 127 Å². The van der Waals surface area contributed by atoms with Crippen LogP contribution in [0.3, 0.4) is 0 Å². The van der Waals surface area contributed by atoms with E-state index >= 15 is 0 Å². The van der Waals surface area contributed by atoms with Crippen molar-refractivity contribution in [3.63, 3.8) is 0 Å². The van der Waals surface area contributed by atoms with Gasteiger partial charge in [0.15, 0.2) is 0 Å². The van der Waals surface area contributed by atoms with E-state index in [9.17, 15) is 0 Å². The summed E-state index contributed by atoms with van der Waals surface area (Å²) in [6.07, 6.45) is 0. The summed E-state index contributed by atoms with van der Waals surface area (Å²) < 4.78 is 11.6. The summed E-state index contributed by atoms with van der Waals surface area (Å²) in [5, 5.41) is 3.79. The molecule has 0 unspecified atom stereocenters. The van der Waals surface area contributed by atoms with Gasteiger partial charge in [-0.1, -0.05) is 29.4 Å². The number of benzene rings is 1. The van der Waals surface area contributed by atoms with Crippen LogP contribution in [-0.4, -0.2) is 0 Å². The smallest absolute Gasteiger partial charge is 0.119 e. The Morgan fingerprint density at radius 2 is 1.50 bits per heavy atom. The average Bonchev–Trinajstić information content (AvgIpc) is 3.11. The fourth-order valence-electron chi connectivity index (χ4n) is 2.53. The van der Waals surface area contributed by atoms with E-state index in [4.69, 9.17) is 14.4 Å². The lowest BCUT2D eigenvalue weighted by Gasteiger charge is -2.15. The third kappa shape index (κ3) is 2.62. The summed E-state index contributed by atoms with van der Waals surface area (Å²) in [6, 6.07) is 15.1. The molecule has 5 heteroatoms. The molecule has 3 rings (SSSR count). The molecule has 3 aromatic rings. The van der Waals surface area contributed by atoms with E-state index in [2.05, 4.69) is 10.0 Å². The van der Waals surface area contributed by atoms with Gasteiger partial charge in [0.2, 0.25) is 0 Å². The van der Waals surface area contributed by atoms with E-state index in [0.717, 1.165) is 28.6 Å². The summed E-state index contributed by atoms with van der Waals surface area (Å²) in [7, 11) is 0. The molecule has 0 N–H and O–H groups in total. The predicted molar refractivity (Wildman–Crippen MR) is 83.1 cm³/mol. The second-order valence-corrected chi connectivity index (χ2v) is 5.08. The lowest BCUT2D eigenvalue weighted by atomic mass is 9.92. The zero-order valence-corrected chi connectivity index (χ0v) is 12.4. The van der Waals surface area contributed by atoms with E-state index < -0.39 is 0 Å². The van der Waals surface area contributed by atoms with Crippen LogP contribution >= 0.6 is 0 Å². The minimum atomic E-state index is -0.246. The highest BCUT2D eigenvalue weighted by atomic mass is 16.4. The second-order valence-electron chi connectivity index (χ2n) is 5.08. The van der Waals surface area contributed by atoms with Crippen LogP contribution < -0.4 is 0 Å². The molecule has 5 nitrogen and oxygen atoms in total. The van der Waals surface area contributed by atoms with Crippen molar-refractivity contribution in [3.05, 3.63) is 87.6 Å². The van der Waals surface area contributed by atoms with E-state index in [-0.39, 0.29) is 5.92 Å². The van der Waals surface area contributed by atoms with Gasteiger partial charge in [-0.25, -0.2) is 0 Å².